The normalized spacial score (nSPS) is 19.0. The minimum absolute atomic E-state index is 0.347. The molecule has 1 saturated heterocycles. The molecule has 2 N–H and O–H groups in total. The van der Waals surface area contributed by atoms with Crippen LogP contribution < -0.4 is 10.6 Å². The van der Waals surface area contributed by atoms with Crippen molar-refractivity contribution in [3.05, 3.63) is 83.9 Å². The van der Waals surface area contributed by atoms with Crippen LogP contribution in [-0.4, -0.2) is 34.3 Å². The summed E-state index contributed by atoms with van der Waals surface area (Å²) in [6, 6.07) is 22.4. The predicted molar refractivity (Wildman–Crippen MR) is 130 cm³/mol. The second-order valence-corrected chi connectivity index (χ2v) is 9.53. The largest absolute Gasteiger partial charge is 0.325 e. The SMILES string of the molecule is O=C(CN1C(=O)NC2(CCc3ccccc32)C1=O)Nc1cccc(-c2nc3ccccc3s2)c1. The van der Waals surface area contributed by atoms with Gasteiger partial charge in [-0.3, -0.25) is 14.5 Å². The first-order chi connectivity index (χ1) is 16.5. The van der Waals surface area contributed by atoms with E-state index in [0.717, 1.165) is 36.8 Å². The Morgan fingerprint density at radius 1 is 1.06 bits per heavy atom. The molecule has 4 aromatic rings. The van der Waals surface area contributed by atoms with Crippen LogP contribution in [0, 0.1) is 0 Å². The molecule has 4 amide bonds. The molecule has 8 heteroatoms. The molecule has 0 bridgehead atoms. The van der Waals surface area contributed by atoms with Gasteiger partial charge >= 0.3 is 6.03 Å². The zero-order chi connectivity index (χ0) is 23.3. The third-order valence-electron chi connectivity index (χ3n) is 6.41. The maximum Gasteiger partial charge on any atom is 0.325 e. The van der Waals surface area contributed by atoms with E-state index in [4.69, 9.17) is 0 Å². The van der Waals surface area contributed by atoms with Crippen LogP contribution in [0.4, 0.5) is 10.5 Å². The first-order valence-electron chi connectivity index (χ1n) is 11.0. The smallest absolute Gasteiger partial charge is 0.325 e. The molecule has 2 heterocycles. The molecule has 0 saturated carbocycles. The van der Waals surface area contributed by atoms with Crippen molar-refractivity contribution in [1.82, 2.24) is 15.2 Å². The molecule has 2 aliphatic rings. The summed E-state index contributed by atoms with van der Waals surface area (Å²) >= 11 is 1.58. The lowest BCUT2D eigenvalue weighted by Crippen LogP contribution is -2.42. The molecule has 1 aromatic heterocycles. The summed E-state index contributed by atoms with van der Waals surface area (Å²) in [6.45, 7) is -0.347. The Morgan fingerprint density at radius 3 is 2.76 bits per heavy atom. The number of carbonyl (C=O) groups is 3. The molecule has 1 fully saturated rings. The molecule has 0 radical (unpaired) electrons. The summed E-state index contributed by atoms with van der Waals surface area (Å²) in [7, 11) is 0. The Kier molecular flexibility index (Phi) is 4.70. The monoisotopic (exact) mass is 468 g/mol. The molecule has 1 spiro atoms. The summed E-state index contributed by atoms with van der Waals surface area (Å²) in [4.78, 5) is 44.4. The highest BCUT2D eigenvalue weighted by Crippen LogP contribution is 2.41. The summed E-state index contributed by atoms with van der Waals surface area (Å²) < 4.78 is 1.09. The zero-order valence-electron chi connectivity index (χ0n) is 18.1. The number of para-hydroxylation sites is 1. The number of aryl methyl sites for hydroxylation is 1. The molecule has 3 aromatic carbocycles. The van der Waals surface area contributed by atoms with Gasteiger partial charge in [-0.2, -0.15) is 0 Å². The molecule has 7 nitrogen and oxygen atoms in total. The number of aromatic nitrogens is 1. The van der Waals surface area contributed by atoms with Crippen molar-refractivity contribution < 1.29 is 14.4 Å². The van der Waals surface area contributed by atoms with E-state index in [0.29, 0.717) is 18.5 Å². The number of nitrogens with zero attached hydrogens (tertiary/aromatic N) is 2. The van der Waals surface area contributed by atoms with Crippen molar-refractivity contribution in [3.8, 4) is 10.6 Å². The Morgan fingerprint density at radius 2 is 1.88 bits per heavy atom. The van der Waals surface area contributed by atoms with Crippen LogP contribution in [0.15, 0.2) is 72.8 Å². The third-order valence-corrected chi connectivity index (χ3v) is 7.50. The minimum Gasteiger partial charge on any atom is -0.325 e. The van der Waals surface area contributed by atoms with Crippen LogP contribution >= 0.6 is 11.3 Å². The molecule has 1 unspecified atom stereocenters. The Bertz CT molecular complexity index is 1450. The number of fused-ring (bicyclic) bond motifs is 3. The van der Waals surface area contributed by atoms with Gasteiger partial charge in [0.2, 0.25) is 5.91 Å². The Labute approximate surface area is 199 Å². The quantitative estimate of drug-likeness (QED) is 0.437. The molecule has 1 atom stereocenters. The predicted octanol–water partition coefficient (Wildman–Crippen LogP) is 4.30. The first kappa shape index (κ1) is 20.6. The highest BCUT2D eigenvalue weighted by atomic mass is 32.1. The molecule has 1 aliphatic carbocycles. The maximum atomic E-state index is 13.3. The first-order valence-corrected chi connectivity index (χ1v) is 11.8. The number of hydrogen-bond donors (Lipinski definition) is 2. The topological polar surface area (TPSA) is 91.4 Å². The zero-order valence-corrected chi connectivity index (χ0v) is 18.9. The van der Waals surface area contributed by atoms with E-state index in [1.807, 2.05) is 66.7 Å². The van der Waals surface area contributed by atoms with Crippen LogP contribution in [0.25, 0.3) is 20.8 Å². The van der Waals surface area contributed by atoms with Crippen LogP contribution in [-0.2, 0) is 21.5 Å². The van der Waals surface area contributed by atoms with E-state index < -0.39 is 17.5 Å². The van der Waals surface area contributed by atoms with Crippen LogP contribution in [0.1, 0.15) is 17.5 Å². The van der Waals surface area contributed by atoms with Crippen molar-refractivity contribution in [1.29, 1.82) is 0 Å². The second kappa shape index (κ2) is 7.78. The molecular weight excluding hydrogens is 448 g/mol. The van der Waals surface area contributed by atoms with Crippen molar-refractivity contribution in [3.63, 3.8) is 0 Å². The van der Waals surface area contributed by atoms with E-state index >= 15 is 0 Å². The lowest BCUT2D eigenvalue weighted by atomic mass is 9.92. The van der Waals surface area contributed by atoms with Crippen LogP contribution in [0.5, 0.6) is 0 Å². The Hall–Kier alpha value is -4.04. The fourth-order valence-electron chi connectivity index (χ4n) is 4.80. The number of anilines is 1. The fraction of sp³-hybridized carbons (Fsp3) is 0.154. The van der Waals surface area contributed by atoms with Gasteiger partial charge in [-0.15, -0.1) is 11.3 Å². The van der Waals surface area contributed by atoms with Gasteiger partial charge in [0.05, 0.1) is 10.2 Å². The number of amides is 4. The number of urea groups is 1. The van der Waals surface area contributed by atoms with Gasteiger partial charge in [-0.25, -0.2) is 9.78 Å². The van der Waals surface area contributed by atoms with E-state index in [-0.39, 0.29) is 12.5 Å². The molecule has 6 rings (SSSR count). The standard InChI is InChI=1S/C26H20N4O3S/c31-22(15-30-24(32)26(29-25(30)33)13-12-16-6-1-2-9-19(16)26)27-18-8-5-7-17(14-18)23-28-20-10-3-4-11-21(20)34-23/h1-11,14H,12-13,15H2,(H,27,31)(H,29,33). The Balaban J connectivity index is 1.19. The third kappa shape index (κ3) is 3.26. The van der Waals surface area contributed by atoms with E-state index in [1.54, 1.807) is 17.4 Å². The highest BCUT2D eigenvalue weighted by Gasteiger charge is 2.55. The number of rotatable bonds is 4. The van der Waals surface area contributed by atoms with Gasteiger partial charge in [-0.1, -0.05) is 48.5 Å². The number of hydrogen-bond acceptors (Lipinski definition) is 5. The summed E-state index contributed by atoms with van der Waals surface area (Å²) in [6.07, 6.45) is 1.21. The van der Waals surface area contributed by atoms with Gasteiger partial charge < -0.3 is 10.6 Å². The van der Waals surface area contributed by atoms with Crippen molar-refractivity contribution in [2.75, 3.05) is 11.9 Å². The van der Waals surface area contributed by atoms with E-state index in [9.17, 15) is 14.4 Å². The molecule has 168 valence electrons. The van der Waals surface area contributed by atoms with Crippen molar-refractivity contribution in [2.45, 2.75) is 18.4 Å². The maximum absolute atomic E-state index is 13.3. The molecule has 34 heavy (non-hydrogen) atoms. The van der Waals surface area contributed by atoms with Gasteiger partial charge in [0.1, 0.15) is 17.1 Å². The van der Waals surface area contributed by atoms with Gasteiger partial charge in [0.25, 0.3) is 5.91 Å². The fourth-order valence-corrected chi connectivity index (χ4v) is 5.76. The lowest BCUT2D eigenvalue weighted by Gasteiger charge is -2.22. The number of carbonyl (C=O) groups excluding carboxylic acids is 3. The van der Waals surface area contributed by atoms with E-state index in [2.05, 4.69) is 15.6 Å². The number of nitrogens with one attached hydrogen (secondary N) is 2. The van der Waals surface area contributed by atoms with Gasteiger partial charge in [0.15, 0.2) is 0 Å². The van der Waals surface area contributed by atoms with Crippen LogP contribution in [0.2, 0.25) is 0 Å². The average Bonchev–Trinajstić information content (AvgIpc) is 3.51. The number of imide groups is 1. The molecule has 1 aliphatic heterocycles. The van der Waals surface area contributed by atoms with Crippen LogP contribution in [0.3, 0.4) is 0 Å². The highest BCUT2D eigenvalue weighted by molar-refractivity contribution is 7.21. The van der Waals surface area contributed by atoms with Crippen molar-refractivity contribution in [2.24, 2.45) is 0 Å². The summed E-state index contributed by atoms with van der Waals surface area (Å²) in [5.74, 6) is -0.811. The average molecular weight is 469 g/mol. The van der Waals surface area contributed by atoms with Gasteiger partial charge in [-0.05, 0) is 48.2 Å². The molecular formula is C26H20N4O3S. The summed E-state index contributed by atoms with van der Waals surface area (Å²) in [5, 5.41) is 6.52. The van der Waals surface area contributed by atoms with E-state index in [1.165, 1.54) is 0 Å². The van der Waals surface area contributed by atoms with Crippen molar-refractivity contribution >= 4 is 45.1 Å². The second-order valence-electron chi connectivity index (χ2n) is 8.50. The minimum atomic E-state index is -1.07. The van der Waals surface area contributed by atoms with Gasteiger partial charge in [0, 0.05) is 11.3 Å². The lowest BCUT2D eigenvalue weighted by molar-refractivity contribution is -0.134. The summed E-state index contributed by atoms with van der Waals surface area (Å²) in [5.41, 5.74) is 3.19. The number of thiazole rings is 1. The number of benzene rings is 3.